The average molecular weight is 328 g/mol. The molecule has 3 nitrogen and oxygen atoms in total. The minimum absolute atomic E-state index is 0.138. The molecule has 2 aromatic heterocycles. The molecule has 1 aliphatic rings. The number of carbonyl (C=O) groups is 1. The first-order chi connectivity index (χ1) is 11.2. The van der Waals surface area contributed by atoms with E-state index in [1.165, 1.54) is 29.0 Å². The number of hydrogen-bond acceptors (Lipinski definition) is 2. The number of nitrogens with zero attached hydrogens (tertiary/aromatic N) is 1. The van der Waals surface area contributed by atoms with Gasteiger partial charge in [0.25, 0.3) is 5.91 Å². The first-order valence-corrected chi connectivity index (χ1v) is 8.69. The van der Waals surface area contributed by atoms with E-state index in [9.17, 15) is 9.18 Å². The molecule has 3 aromatic rings. The minimum atomic E-state index is -0.220. The van der Waals surface area contributed by atoms with E-state index in [1.807, 2.05) is 34.7 Å². The molecule has 1 amide bonds. The van der Waals surface area contributed by atoms with Crippen LogP contribution in [0.15, 0.2) is 41.9 Å². The van der Waals surface area contributed by atoms with Gasteiger partial charge in [-0.1, -0.05) is 6.07 Å². The number of likely N-dealkylation sites (tertiary alicyclic amines) is 1. The van der Waals surface area contributed by atoms with Crippen molar-refractivity contribution in [2.24, 2.45) is 0 Å². The topological polar surface area (TPSA) is 36.1 Å². The third-order valence-corrected chi connectivity index (χ3v) is 5.49. The van der Waals surface area contributed by atoms with Crippen molar-refractivity contribution < 1.29 is 9.18 Å². The van der Waals surface area contributed by atoms with Gasteiger partial charge in [0.15, 0.2) is 0 Å². The van der Waals surface area contributed by atoms with Crippen LogP contribution in [0.25, 0.3) is 10.9 Å². The Morgan fingerprint density at radius 3 is 2.83 bits per heavy atom. The van der Waals surface area contributed by atoms with Crippen molar-refractivity contribution in [2.75, 3.05) is 13.1 Å². The van der Waals surface area contributed by atoms with Gasteiger partial charge >= 0.3 is 0 Å². The molecule has 0 aliphatic carbocycles. The van der Waals surface area contributed by atoms with E-state index in [-0.39, 0.29) is 11.7 Å². The highest BCUT2D eigenvalue weighted by Crippen LogP contribution is 2.33. The van der Waals surface area contributed by atoms with E-state index < -0.39 is 0 Å². The summed E-state index contributed by atoms with van der Waals surface area (Å²) in [6.45, 7) is 1.55. The zero-order chi connectivity index (χ0) is 15.8. The molecule has 118 valence electrons. The number of carbonyl (C=O) groups excluding carboxylic acids is 1. The molecule has 0 spiro atoms. The van der Waals surface area contributed by atoms with Gasteiger partial charge in [-0.3, -0.25) is 4.79 Å². The lowest BCUT2D eigenvalue weighted by Gasteiger charge is -2.31. The lowest BCUT2D eigenvalue weighted by molar-refractivity contribution is 0.0718. The highest BCUT2D eigenvalue weighted by Gasteiger charge is 2.26. The molecule has 0 bridgehead atoms. The van der Waals surface area contributed by atoms with Crippen molar-refractivity contribution in [3.63, 3.8) is 0 Å². The number of hydrogen-bond donors (Lipinski definition) is 1. The summed E-state index contributed by atoms with van der Waals surface area (Å²) in [6.07, 6.45) is 3.88. The van der Waals surface area contributed by atoms with Gasteiger partial charge in [0.1, 0.15) is 5.82 Å². The Labute approximate surface area is 137 Å². The minimum Gasteiger partial charge on any atom is -0.361 e. The number of amides is 1. The maximum absolute atomic E-state index is 13.3. The first kappa shape index (κ1) is 14.5. The van der Waals surface area contributed by atoms with Crippen molar-refractivity contribution in [1.82, 2.24) is 9.88 Å². The van der Waals surface area contributed by atoms with Crippen LogP contribution in [0.4, 0.5) is 4.39 Å². The van der Waals surface area contributed by atoms with Crippen LogP contribution in [0.3, 0.4) is 0 Å². The number of nitrogens with one attached hydrogen (secondary N) is 1. The molecule has 1 aromatic carbocycles. The summed E-state index contributed by atoms with van der Waals surface area (Å²) in [5, 5.41) is 3.03. The van der Waals surface area contributed by atoms with Crippen LogP contribution in [0.1, 0.15) is 34.0 Å². The van der Waals surface area contributed by atoms with E-state index in [2.05, 4.69) is 4.98 Å². The van der Waals surface area contributed by atoms with Gasteiger partial charge in [-0.2, -0.15) is 0 Å². The predicted molar refractivity (Wildman–Crippen MR) is 90.5 cm³/mol. The number of halogens is 1. The zero-order valence-corrected chi connectivity index (χ0v) is 13.4. The monoisotopic (exact) mass is 328 g/mol. The highest BCUT2D eigenvalue weighted by molar-refractivity contribution is 7.12. The van der Waals surface area contributed by atoms with E-state index in [0.717, 1.165) is 41.7 Å². The predicted octanol–water partition coefficient (Wildman–Crippen LogP) is 4.39. The second-order valence-corrected chi connectivity index (χ2v) is 6.93. The van der Waals surface area contributed by atoms with Gasteiger partial charge < -0.3 is 9.88 Å². The zero-order valence-electron chi connectivity index (χ0n) is 12.6. The summed E-state index contributed by atoms with van der Waals surface area (Å²) < 4.78 is 13.3. The fourth-order valence-corrected chi connectivity index (χ4v) is 4.10. The Morgan fingerprint density at radius 2 is 2.09 bits per heavy atom. The maximum atomic E-state index is 13.3. The Morgan fingerprint density at radius 1 is 1.26 bits per heavy atom. The van der Waals surface area contributed by atoms with E-state index in [4.69, 9.17) is 0 Å². The molecule has 0 saturated carbocycles. The van der Waals surface area contributed by atoms with Gasteiger partial charge in [-0.05, 0) is 54.0 Å². The van der Waals surface area contributed by atoms with Crippen LogP contribution in [-0.2, 0) is 0 Å². The Kier molecular flexibility index (Phi) is 3.65. The number of aromatic amines is 1. The fourth-order valence-electron chi connectivity index (χ4n) is 3.41. The summed E-state index contributed by atoms with van der Waals surface area (Å²) >= 11 is 1.49. The summed E-state index contributed by atoms with van der Waals surface area (Å²) in [4.78, 5) is 18.3. The third-order valence-electron chi connectivity index (χ3n) is 4.63. The molecule has 1 N–H and O–H groups in total. The van der Waals surface area contributed by atoms with Crippen molar-refractivity contribution in [2.45, 2.75) is 18.8 Å². The second-order valence-electron chi connectivity index (χ2n) is 5.98. The Bertz CT molecular complexity index is 832. The molecule has 23 heavy (non-hydrogen) atoms. The summed E-state index contributed by atoms with van der Waals surface area (Å²) in [6, 6.07) is 8.69. The van der Waals surface area contributed by atoms with Crippen LogP contribution in [0.5, 0.6) is 0 Å². The van der Waals surface area contributed by atoms with Gasteiger partial charge in [-0.25, -0.2) is 4.39 Å². The Balaban J connectivity index is 1.49. The third kappa shape index (κ3) is 2.65. The van der Waals surface area contributed by atoms with E-state index in [1.54, 1.807) is 0 Å². The molecule has 4 rings (SSSR count). The number of thiophene rings is 1. The molecule has 5 heteroatoms. The van der Waals surface area contributed by atoms with Gasteiger partial charge in [-0.15, -0.1) is 11.3 Å². The molecule has 1 saturated heterocycles. The fraction of sp³-hybridized carbons (Fsp3) is 0.278. The lowest BCUT2D eigenvalue weighted by atomic mass is 9.89. The van der Waals surface area contributed by atoms with Crippen molar-refractivity contribution >= 4 is 28.1 Å². The summed E-state index contributed by atoms with van der Waals surface area (Å²) in [7, 11) is 0. The smallest absolute Gasteiger partial charge is 0.263 e. The largest absolute Gasteiger partial charge is 0.361 e. The van der Waals surface area contributed by atoms with Crippen LogP contribution in [0.2, 0.25) is 0 Å². The number of rotatable bonds is 2. The normalized spacial score (nSPS) is 16.1. The number of aromatic nitrogens is 1. The van der Waals surface area contributed by atoms with Gasteiger partial charge in [0.05, 0.1) is 4.88 Å². The second kappa shape index (κ2) is 5.81. The van der Waals surface area contributed by atoms with Crippen molar-refractivity contribution in [3.05, 3.63) is 58.2 Å². The molecule has 3 heterocycles. The van der Waals surface area contributed by atoms with Crippen LogP contribution >= 0.6 is 11.3 Å². The molecule has 1 aliphatic heterocycles. The Hall–Kier alpha value is -2.14. The molecular weight excluding hydrogens is 311 g/mol. The summed E-state index contributed by atoms with van der Waals surface area (Å²) in [5.74, 6) is 0.336. The van der Waals surface area contributed by atoms with Gasteiger partial charge in [0, 0.05) is 30.2 Å². The average Bonchev–Trinajstić information content (AvgIpc) is 3.23. The molecule has 0 unspecified atom stereocenters. The number of benzene rings is 1. The standard InChI is InChI=1S/C18H17FN2OS/c19-13-3-4-14-15(11-20-16(14)10-13)12-5-7-21(8-6-12)18(22)17-2-1-9-23-17/h1-4,9-12,20H,5-8H2. The molecule has 0 atom stereocenters. The van der Waals surface area contributed by atoms with Crippen LogP contribution < -0.4 is 0 Å². The van der Waals surface area contributed by atoms with E-state index in [0.29, 0.717) is 5.92 Å². The maximum Gasteiger partial charge on any atom is 0.263 e. The summed E-state index contributed by atoms with van der Waals surface area (Å²) in [5.41, 5.74) is 2.08. The quantitative estimate of drug-likeness (QED) is 0.744. The SMILES string of the molecule is O=C(c1cccs1)N1CCC(c2c[nH]c3cc(F)ccc23)CC1. The van der Waals surface area contributed by atoms with Gasteiger partial charge in [0.2, 0.25) is 0 Å². The first-order valence-electron chi connectivity index (χ1n) is 7.81. The number of piperidine rings is 1. The molecular formula is C18H17FN2OS. The number of H-pyrrole nitrogens is 1. The van der Waals surface area contributed by atoms with Crippen molar-refractivity contribution in [3.8, 4) is 0 Å². The van der Waals surface area contributed by atoms with Crippen LogP contribution in [0, 0.1) is 5.82 Å². The van der Waals surface area contributed by atoms with Crippen molar-refractivity contribution in [1.29, 1.82) is 0 Å². The lowest BCUT2D eigenvalue weighted by Crippen LogP contribution is -2.37. The number of fused-ring (bicyclic) bond motifs is 1. The molecule has 0 radical (unpaired) electrons. The highest BCUT2D eigenvalue weighted by atomic mass is 32.1. The van der Waals surface area contributed by atoms with Crippen LogP contribution in [-0.4, -0.2) is 28.9 Å². The molecule has 1 fully saturated rings. The van der Waals surface area contributed by atoms with E-state index >= 15 is 0 Å².